The maximum absolute atomic E-state index is 13.7. The van der Waals surface area contributed by atoms with Crippen LogP contribution in [0.15, 0.2) is 42.5 Å². The number of anilines is 1. The summed E-state index contributed by atoms with van der Waals surface area (Å²) in [4.78, 5) is 26.7. The van der Waals surface area contributed by atoms with Gasteiger partial charge in [0.2, 0.25) is 0 Å². The Bertz CT molecular complexity index is 1140. The lowest BCUT2D eigenvalue weighted by Gasteiger charge is -2.28. The van der Waals surface area contributed by atoms with E-state index in [2.05, 4.69) is 10.4 Å². The summed E-state index contributed by atoms with van der Waals surface area (Å²) in [5, 5.41) is 7.31. The maximum atomic E-state index is 13.7. The van der Waals surface area contributed by atoms with Crippen LogP contribution < -0.4 is 5.32 Å². The summed E-state index contributed by atoms with van der Waals surface area (Å²) in [5.41, 5.74) is 3.16. The van der Waals surface area contributed by atoms with Gasteiger partial charge in [-0.25, -0.2) is 13.6 Å². The van der Waals surface area contributed by atoms with Crippen LogP contribution in [-0.2, 0) is 13.1 Å². The number of carbonyl (C=O) groups excluding carboxylic acids is 2. The maximum Gasteiger partial charge on any atom is 0.322 e. The second-order valence-corrected chi connectivity index (χ2v) is 7.27. The average Bonchev–Trinajstić information content (AvgIpc) is 3.10. The molecule has 6 nitrogen and oxygen atoms in total. The molecule has 1 aromatic heterocycles. The number of aromatic nitrogens is 2. The Kier molecular flexibility index (Phi) is 5.07. The van der Waals surface area contributed by atoms with E-state index in [0.29, 0.717) is 46.9 Å². The van der Waals surface area contributed by atoms with Crippen LogP contribution in [0.5, 0.6) is 0 Å². The van der Waals surface area contributed by atoms with E-state index in [1.165, 1.54) is 37.3 Å². The number of aryl methyl sites for hydroxylation is 1. The van der Waals surface area contributed by atoms with Gasteiger partial charge in [-0.05, 0) is 61.9 Å². The van der Waals surface area contributed by atoms with E-state index >= 15 is 0 Å². The van der Waals surface area contributed by atoms with Crippen LogP contribution in [0.1, 0.15) is 28.5 Å². The van der Waals surface area contributed by atoms with Gasteiger partial charge in [0.25, 0.3) is 0 Å². The average molecular weight is 410 g/mol. The lowest BCUT2D eigenvalue weighted by Crippen LogP contribution is -2.41. The van der Waals surface area contributed by atoms with Gasteiger partial charge in [0.05, 0.1) is 24.3 Å². The smallest absolute Gasteiger partial charge is 0.317 e. The molecule has 0 saturated heterocycles. The summed E-state index contributed by atoms with van der Waals surface area (Å²) in [6.07, 6.45) is 0. The van der Waals surface area contributed by atoms with Crippen molar-refractivity contribution in [3.63, 3.8) is 0 Å². The monoisotopic (exact) mass is 410 g/mol. The molecule has 2 amide bonds. The van der Waals surface area contributed by atoms with Gasteiger partial charge in [0, 0.05) is 17.8 Å². The number of fused-ring (bicyclic) bond motifs is 1. The molecule has 0 aliphatic carbocycles. The summed E-state index contributed by atoms with van der Waals surface area (Å²) >= 11 is 0. The summed E-state index contributed by atoms with van der Waals surface area (Å²) in [6.45, 7) is 4.14. The van der Waals surface area contributed by atoms with Crippen molar-refractivity contribution < 1.29 is 18.4 Å². The molecule has 0 saturated carbocycles. The number of hydrogen-bond acceptors (Lipinski definition) is 3. The number of urea groups is 1. The van der Waals surface area contributed by atoms with Gasteiger partial charge in [-0.15, -0.1) is 0 Å². The first-order valence-electron chi connectivity index (χ1n) is 9.52. The number of ketones is 1. The summed E-state index contributed by atoms with van der Waals surface area (Å²) in [5.74, 6) is -0.880. The van der Waals surface area contributed by atoms with E-state index in [-0.39, 0.29) is 30.0 Å². The van der Waals surface area contributed by atoms with Crippen molar-refractivity contribution in [2.75, 3.05) is 11.9 Å². The molecule has 0 fully saturated rings. The number of halogens is 2. The first-order valence-corrected chi connectivity index (χ1v) is 9.52. The van der Waals surface area contributed by atoms with E-state index in [1.807, 2.05) is 0 Å². The Morgan fingerprint density at radius 3 is 2.47 bits per heavy atom. The number of Topliss-reactive ketones (excluding diaryl/α,β-unsaturated/α-hetero) is 1. The summed E-state index contributed by atoms with van der Waals surface area (Å²) < 4.78 is 28.5. The van der Waals surface area contributed by atoms with Gasteiger partial charge in [0.1, 0.15) is 17.3 Å². The van der Waals surface area contributed by atoms with Crippen LogP contribution >= 0.6 is 0 Å². The van der Waals surface area contributed by atoms with Gasteiger partial charge in [0.15, 0.2) is 5.78 Å². The van der Waals surface area contributed by atoms with Crippen LogP contribution in [0.2, 0.25) is 0 Å². The highest BCUT2D eigenvalue weighted by molar-refractivity contribution is 6.01. The van der Waals surface area contributed by atoms with E-state index in [0.717, 1.165) is 0 Å². The standard InChI is InChI=1S/C22H20F2N4O2/c1-13-11-15(3-8-18(13)24)21-20(14(2)29)19-12-27(9-10-28(19)26-21)22(30)25-17-6-4-16(23)5-7-17/h3-8,11H,9-10,12H2,1-2H3,(H,25,30). The van der Waals surface area contributed by atoms with Crippen molar-refractivity contribution in [2.24, 2.45) is 0 Å². The number of amides is 2. The van der Waals surface area contributed by atoms with Crippen LogP contribution in [-0.4, -0.2) is 33.0 Å². The third kappa shape index (κ3) is 3.68. The molecule has 0 bridgehead atoms. The zero-order chi connectivity index (χ0) is 21.4. The molecule has 1 aliphatic rings. The predicted molar refractivity (Wildman–Crippen MR) is 108 cm³/mol. The highest BCUT2D eigenvalue weighted by Gasteiger charge is 2.29. The van der Waals surface area contributed by atoms with Gasteiger partial charge in [-0.1, -0.05) is 0 Å². The van der Waals surface area contributed by atoms with Crippen molar-refractivity contribution >= 4 is 17.5 Å². The Balaban J connectivity index is 1.63. The molecule has 30 heavy (non-hydrogen) atoms. The molecule has 1 N–H and O–H groups in total. The Labute approximate surface area is 172 Å². The lowest BCUT2D eigenvalue weighted by molar-refractivity contribution is 0.101. The van der Waals surface area contributed by atoms with Crippen LogP contribution in [0.3, 0.4) is 0 Å². The Morgan fingerprint density at radius 2 is 1.80 bits per heavy atom. The second-order valence-electron chi connectivity index (χ2n) is 7.27. The van der Waals surface area contributed by atoms with Crippen molar-refractivity contribution in [2.45, 2.75) is 26.9 Å². The molecule has 3 aromatic rings. The SMILES string of the molecule is CC(=O)c1c(-c2ccc(F)c(C)c2)nn2c1CN(C(=O)Nc1ccc(F)cc1)CC2. The molecule has 4 rings (SSSR count). The zero-order valence-electron chi connectivity index (χ0n) is 16.6. The molecule has 1 aliphatic heterocycles. The highest BCUT2D eigenvalue weighted by Crippen LogP contribution is 2.30. The van der Waals surface area contributed by atoms with Gasteiger partial charge >= 0.3 is 6.03 Å². The molecule has 0 atom stereocenters. The second kappa shape index (κ2) is 7.70. The number of nitrogens with zero attached hydrogens (tertiary/aromatic N) is 3. The first-order chi connectivity index (χ1) is 14.3. The van der Waals surface area contributed by atoms with E-state index < -0.39 is 0 Å². The third-order valence-corrected chi connectivity index (χ3v) is 5.15. The van der Waals surface area contributed by atoms with Gasteiger partial charge in [-0.3, -0.25) is 9.48 Å². The number of rotatable bonds is 3. The predicted octanol–water partition coefficient (Wildman–Crippen LogP) is 4.39. The van der Waals surface area contributed by atoms with Gasteiger partial charge in [-0.2, -0.15) is 5.10 Å². The van der Waals surface area contributed by atoms with Crippen molar-refractivity contribution in [1.82, 2.24) is 14.7 Å². The molecular weight excluding hydrogens is 390 g/mol. The highest BCUT2D eigenvalue weighted by atomic mass is 19.1. The Hall–Kier alpha value is -3.55. The topological polar surface area (TPSA) is 67.2 Å². The normalized spacial score (nSPS) is 13.1. The minimum atomic E-state index is -0.385. The Morgan fingerprint density at radius 1 is 1.07 bits per heavy atom. The quantitative estimate of drug-likeness (QED) is 0.652. The molecule has 2 heterocycles. The molecule has 2 aromatic carbocycles. The number of benzene rings is 2. The van der Waals surface area contributed by atoms with Gasteiger partial charge < -0.3 is 10.2 Å². The minimum absolute atomic E-state index is 0.172. The number of carbonyl (C=O) groups is 2. The minimum Gasteiger partial charge on any atom is -0.317 e. The molecule has 154 valence electrons. The fraction of sp³-hybridized carbons (Fsp3) is 0.227. The molecule has 8 heteroatoms. The fourth-order valence-electron chi connectivity index (χ4n) is 3.59. The molecule has 0 spiro atoms. The number of nitrogens with one attached hydrogen (secondary N) is 1. The van der Waals surface area contributed by atoms with E-state index in [1.54, 1.807) is 28.6 Å². The first kappa shape index (κ1) is 19.8. The van der Waals surface area contributed by atoms with E-state index in [9.17, 15) is 18.4 Å². The lowest BCUT2D eigenvalue weighted by atomic mass is 10.0. The third-order valence-electron chi connectivity index (χ3n) is 5.15. The largest absolute Gasteiger partial charge is 0.322 e. The van der Waals surface area contributed by atoms with Crippen molar-refractivity contribution in [3.05, 3.63) is 70.9 Å². The van der Waals surface area contributed by atoms with Crippen molar-refractivity contribution in [3.8, 4) is 11.3 Å². The fourth-order valence-corrected chi connectivity index (χ4v) is 3.59. The van der Waals surface area contributed by atoms with E-state index in [4.69, 9.17) is 0 Å². The summed E-state index contributed by atoms with van der Waals surface area (Å²) in [7, 11) is 0. The van der Waals surface area contributed by atoms with Crippen LogP contribution in [0.4, 0.5) is 19.3 Å². The molecule has 0 unspecified atom stereocenters. The molecule has 0 radical (unpaired) electrons. The van der Waals surface area contributed by atoms with Crippen molar-refractivity contribution in [1.29, 1.82) is 0 Å². The van der Waals surface area contributed by atoms with Crippen LogP contribution in [0.25, 0.3) is 11.3 Å². The zero-order valence-corrected chi connectivity index (χ0v) is 16.6. The van der Waals surface area contributed by atoms with Crippen LogP contribution in [0, 0.1) is 18.6 Å². The molecular formula is C22H20F2N4O2. The summed E-state index contributed by atoms with van der Waals surface area (Å²) in [6, 6.07) is 9.78. The number of hydrogen-bond donors (Lipinski definition) is 1.